The number of thiophene rings is 1. The van der Waals surface area contributed by atoms with Gasteiger partial charge in [0.15, 0.2) is 0 Å². The van der Waals surface area contributed by atoms with E-state index in [1.807, 2.05) is 19.3 Å². The molecule has 2 heterocycles. The lowest BCUT2D eigenvalue weighted by Crippen LogP contribution is -2.29. The van der Waals surface area contributed by atoms with Gasteiger partial charge in [-0.2, -0.15) is 5.10 Å². The summed E-state index contributed by atoms with van der Waals surface area (Å²) in [5.41, 5.74) is 4.96. The Balaban J connectivity index is 2.14. The van der Waals surface area contributed by atoms with Crippen molar-refractivity contribution in [2.45, 2.75) is 6.04 Å². The summed E-state index contributed by atoms with van der Waals surface area (Å²) >= 11 is 1.73. The molecule has 92 valence electrons. The van der Waals surface area contributed by atoms with E-state index in [1.165, 1.54) is 15.6 Å². The van der Waals surface area contributed by atoms with E-state index in [1.54, 1.807) is 16.0 Å². The van der Waals surface area contributed by atoms with Crippen LogP contribution in [0, 0.1) is 0 Å². The number of nitrogens with one attached hydrogen (secondary N) is 1. The normalized spacial score (nSPS) is 13.0. The zero-order valence-corrected chi connectivity index (χ0v) is 10.8. The zero-order chi connectivity index (χ0) is 12.5. The molecule has 0 aliphatic heterocycles. The van der Waals surface area contributed by atoms with Gasteiger partial charge in [-0.25, -0.2) is 5.43 Å². The van der Waals surface area contributed by atoms with Crippen molar-refractivity contribution in [3.8, 4) is 0 Å². The third-order valence-electron chi connectivity index (χ3n) is 3.02. The first-order chi connectivity index (χ1) is 8.79. The van der Waals surface area contributed by atoms with Crippen molar-refractivity contribution >= 4 is 21.4 Å². The second kappa shape index (κ2) is 4.53. The maximum absolute atomic E-state index is 5.71. The van der Waals surface area contributed by atoms with E-state index in [0.717, 1.165) is 5.69 Å². The number of hydrogen-bond acceptors (Lipinski definition) is 4. The van der Waals surface area contributed by atoms with Gasteiger partial charge in [0.25, 0.3) is 0 Å². The average Bonchev–Trinajstić information content (AvgIpc) is 2.99. The Bertz CT molecular complexity index is 670. The molecule has 3 rings (SSSR count). The fraction of sp³-hybridized carbons (Fsp3) is 0.154. The number of aromatic nitrogens is 2. The fourth-order valence-corrected chi connectivity index (χ4v) is 3.11. The summed E-state index contributed by atoms with van der Waals surface area (Å²) in [6.07, 6.45) is 1.92. The number of benzene rings is 1. The van der Waals surface area contributed by atoms with Gasteiger partial charge in [0.05, 0.1) is 11.7 Å². The lowest BCUT2D eigenvalue weighted by molar-refractivity contribution is 0.607. The molecule has 0 radical (unpaired) electrons. The van der Waals surface area contributed by atoms with Gasteiger partial charge in [-0.1, -0.05) is 18.2 Å². The molecule has 0 saturated heterocycles. The van der Waals surface area contributed by atoms with Gasteiger partial charge >= 0.3 is 0 Å². The van der Waals surface area contributed by atoms with Gasteiger partial charge in [0, 0.05) is 17.9 Å². The molecular formula is C13H14N4S. The van der Waals surface area contributed by atoms with Crippen LogP contribution in [0.5, 0.6) is 0 Å². The summed E-state index contributed by atoms with van der Waals surface area (Å²) in [7, 11) is 1.91. The molecule has 0 amide bonds. The van der Waals surface area contributed by atoms with Gasteiger partial charge in [-0.05, 0) is 28.5 Å². The molecule has 0 fully saturated rings. The number of hydrogen-bond donors (Lipinski definition) is 2. The van der Waals surface area contributed by atoms with E-state index in [-0.39, 0.29) is 6.04 Å². The van der Waals surface area contributed by atoms with E-state index >= 15 is 0 Å². The number of aryl methyl sites for hydroxylation is 1. The van der Waals surface area contributed by atoms with Crippen molar-refractivity contribution in [1.29, 1.82) is 0 Å². The Morgan fingerprint density at radius 1 is 1.33 bits per heavy atom. The van der Waals surface area contributed by atoms with Crippen LogP contribution in [0.4, 0.5) is 0 Å². The van der Waals surface area contributed by atoms with Crippen LogP contribution in [0.25, 0.3) is 10.1 Å². The van der Waals surface area contributed by atoms with Crippen LogP contribution < -0.4 is 11.3 Å². The maximum atomic E-state index is 5.71. The van der Waals surface area contributed by atoms with Crippen molar-refractivity contribution in [3.05, 3.63) is 53.2 Å². The minimum Gasteiger partial charge on any atom is -0.275 e. The summed E-state index contributed by atoms with van der Waals surface area (Å²) < 4.78 is 3.04. The molecule has 0 aliphatic carbocycles. The number of rotatable bonds is 3. The SMILES string of the molecule is Cn1ccc(C(NN)c2cccc3ccsc23)n1. The van der Waals surface area contributed by atoms with E-state index < -0.39 is 0 Å². The third kappa shape index (κ3) is 1.82. The summed E-state index contributed by atoms with van der Waals surface area (Å²) in [5.74, 6) is 5.71. The van der Waals surface area contributed by atoms with Crippen molar-refractivity contribution in [2.75, 3.05) is 0 Å². The summed E-state index contributed by atoms with van der Waals surface area (Å²) in [6.45, 7) is 0. The first kappa shape index (κ1) is 11.4. The molecule has 0 bridgehead atoms. The molecule has 1 unspecified atom stereocenters. The van der Waals surface area contributed by atoms with Crippen LogP contribution >= 0.6 is 11.3 Å². The molecule has 2 aromatic heterocycles. The van der Waals surface area contributed by atoms with Crippen LogP contribution in [0.3, 0.4) is 0 Å². The van der Waals surface area contributed by atoms with Gasteiger partial charge in [0.2, 0.25) is 0 Å². The Hall–Kier alpha value is -1.69. The second-order valence-electron chi connectivity index (χ2n) is 4.20. The largest absolute Gasteiger partial charge is 0.275 e. The highest BCUT2D eigenvalue weighted by Crippen LogP contribution is 2.31. The standard InChI is InChI=1S/C13H14N4S/c1-17-7-5-11(16-17)12(15-14)10-4-2-3-9-6-8-18-13(9)10/h2-8,12,15H,14H2,1H3. The number of hydrazine groups is 1. The van der Waals surface area contributed by atoms with E-state index in [0.29, 0.717) is 0 Å². The highest BCUT2D eigenvalue weighted by Gasteiger charge is 2.17. The van der Waals surface area contributed by atoms with Gasteiger partial charge in [-0.3, -0.25) is 10.5 Å². The summed E-state index contributed by atoms with van der Waals surface area (Å²) in [6, 6.07) is 10.3. The summed E-state index contributed by atoms with van der Waals surface area (Å²) in [4.78, 5) is 0. The smallest absolute Gasteiger partial charge is 0.0913 e. The third-order valence-corrected chi connectivity index (χ3v) is 4.00. The molecule has 0 saturated carbocycles. The predicted molar refractivity (Wildman–Crippen MR) is 74.2 cm³/mol. The molecule has 18 heavy (non-hydrogen) atoms. The molecule has 1 atom stereocenters. The van der Waals surface area contributed by atoms with Crippen molar-refractivity contribution in [3.63, 3.8) is 0 Å². The Morgan fingerprint density at radius 2 is 2.22 bits per heavy atom. The van der Waals surface area contributed by atoms with Gasteiger partial charge in [-0.15, -0.1) is 11.3 Å². The molecule has 5 heteroatoms. The molecule has 3 aromatic rings. The molecule has 3 N–H and O–H groups in total. The van der Waals surface area contributed by atoms with E-state index in [2.05, 4.69) is 40.2 Å². The van der Waals surface area contributed by atoms with Crippen LogP contribution in [0.1, 0.15) is 17.3 Å². The first-order valence-electron chi connectivity index (χ1n) is 5.71. The Labute approximate surface area is 109 Å². The van der Waals surface area contributed by atoms with E-state index in [9.17, 15) is 0 Å². The zero-order valence-electron chi connectivity index (χ0n) is 10.00. The monoisotopic (exact) mass is 258 g/mol. The number of fused-ring (bicyclic) bond motifs is 1. The van der Waals surface area contributed by atoms with Gasteiger partial charge < -0.3 is 0 Å². The van der Waals surface area contributed by atoms with E-state index in [4.69, 9.17) is 5.84 Å². The Kier molecular flexibility index (Phi) is 2.87. The minimum absolute atomic E-state index is 0.0754. The van der Waals surface area contributed by atoms with Crippen LogP contribution in [-0.2, 0) is 7.05 Å². The molecule has 4 nitrogen and oxygen atoms in total. The quantitative estimate of drug-likeness (QED) is 0.559. The fourth-order valence-electron chi connectivity index (χ4n) is 2.16. The summed E-state index contributed by atoms with van der Waals surface area (Å²) in [5, 5.41) is 7.77. The number of nitrogens with two attached hydrogens (primary N) is 1. The maximum Gasteiger partial charge on any atom is 0.0913 e. The lowest BCUT2D eigenvalue weighted by Gasteiger charge is -2.14. The van der Waals surface area contributed by atoms with Crippen LogP contribution in [0.2, 0.25) is 0 Å². The number of nitrogens with zero attached hydrogens (tertiary/aromatic N) is 2. The van der Waals surface area contributed by atoms with Crippen molar-refractivity contribution in [1.82, 2.24) is 15.2 Å². The topological polar surface area (TPSA) is 55.9 Å². The van der Waals surface area contributed by atoms with Crippen LogP contribution in [0.15, 0.2) is 41.9 Å². The van der Waals surface area contributed by atoms with Crippen LogP contribution in [-0.4, -0.2) is 9.78 Å². The van der Waals surface area contributed by atoms with Crippen molar-refractivity contribution < 1.29 is 0 Å². The highest BCUT2D eigenvalue weighted by atomic mass is 32.1. The molecule has 0 spiro atoms. The second-order valence-corrected chi connectivity index (χ2v) is 5.12. The average molecular weight is 258 g/mol. The first-order valence-corrected chi connectivity index (χ1v) is 6.59. The van der Waals surface area contributed by atoms with Gasteiger partial charge in [0.1, 0.15) is 0 Å². The molecule has 1 aromatic carbocycles. The lowest BCUT2D eigenvalue weighted by atomic mass is 10.0. The minimum atomic E-state index is -0.0754. The molecule has 0 aliphatic rings. The van der Waals surface area contributed by atoms with Crippen molar-refractivity contribution in [2.24, 2.45) is 12.9 Å². The highest BCUT2D eigenvalue weighted by molar-refractivity contribution is 7.17. The predicted octanol–water partition coefficient (Wildman–Crippen LogP) is 2.19. The molecular weight excluding hydrogens is 244 g/mol. The Morgan fingerprint density at radius 3 is 2.94 bits per heavy atom.